The molecule has 2 aromatic rings. The molecule has 0 unspecified atom stereocenters. The van der Waals surface area contributed by atoms with E-state index in [2.05, 4.69) is 15.4 Å². The van der Waals surface area contributed by atoms with Gasteiger partial charge in [0.2, 0.25) is 0 Å². The molecule has 94 valence electrons. The van der Waals surface area contributed by atoms with Crippen molar-refractivity contribution in [1.29, 1.82) is 0 Å². The van der Waals surface area contributed by atoms with E-state index >= 15 is 0 Å². The fourth-order valence-corrected chi connectivity index (χ4v) is 3.07. The summed E-state index contributed by atoms with van der Waals surface area (Å²) < 4.78 is 0. The van der Waals surface area contributed by atoms with Crippen molar-refractivity contribution in [2.45, 2.75) is 10.8 Å². The molecule has 5 N–H and O–H groups in total. The number of thiophene rings is 1. The van der Waals surface area contributed by atoms with Gasteiger partial charge in [-0.25, -0.2) is 15.8 Å². The molecule has 0 saturated heterocycles. The van der Waals surface area contributed by atoms with Crippen LogP contribution in [0.15, 0.2) is 29.6 Å². The number of nitrogen functional groups attached to an aromatic ring is 2. The van der Waals surface area contributed by atoms with E-state index in [0.717, 1.165) is 4.88 Å². The van der Waals surface area contributed by atoms with Crippen LogP contribution in [0.4, 0.5) is 5.82 Å². The van der Waals surface area contributed by atoms with E-state index in [1.807, 2.05) is 6.07 Å². The summed E-state index contributed by atoms with van der Waals surface area (Å²) >= 11 is 2.87. The van der Waals surface area contributed by atoms with Crippen molar-refractivity contribution >= 4 is 34.8 Å². The Labute approximate surface area is 112 Å². The molecule has 0 aliphatic carbocycles. The number of thioether (sulfide) groups is 1. The Bertz CT molecular complexity index is 557. The van der Waals surface area contributed by atoms with E-state index in [-0.39, 0.29) is 5.91 Å². The maximum Gasteiger partial charge on any atom is 0.275 e. The van der Waals surface area contributed by atoms with Gasteiger partial charge in [-0.1, -0.05) is 11.8 Å². The van der Waals surface area contributed by atoms with Crippen LogP contribution in [-0.2, 0) is 5.75 Å². The molecular weight excluding hydrogens is 270 g/mol. The SMILES string of the molecule is NNC(=O)c1ccc(CSc2nccnc2N)s1. The van der Waals surface area contributed by atoms with Gasteiger partial charge in [-0.15, -0.1) is 11.3 Å². The third kappa shape index (κ3) is 2.97. The molecule has 0 radical (unpaired) electrons. The highest BCUT2D eigenvalue weighted by molar-refractivity contribution is 7.98. The van der Waals surface area contributed by atoms with Gasteiger partial charge in [-0.05, 0) is 12.1 Å². The predicted octanol–water partition coefficient (Wildman–Crippen LogP) is 1.02. The normalized spacial score (nSPS) is 10.3. The highest BCUT2D eigenvalue weighted by Crippen LogP contribution is 2.27. The minimum atomic E-state index is -0.282. The molecule has 2 aromatic heterocycles. The van der Waals surface area contributed by atoms with Crippen LogP contribution in [0.5, 0.6) is 0 Å². The van der Waals surface area contributed by atoms with Crippen LogP contribution < -0.4 is 17.0 Å². The van der Waals surface area contributed by atoms with Gasteiger partial charge in [0.05, 0.1) is 4.88 Å². The van der Waals surface area contributed by atoms with Crippen LogP contribution >= 0.6 is 23.1 Å². The van der Waals surface area contributed by atoms with E-state index in [1.54, 1.807) is 18.5 Å². The van der Waals surface area contributed by atoms with E-state index in [4.69, 9.17) is 11.6 Å². The number of nitrogens with one attached hydrogen (secondary N) is 1. The highest BCUT2D eigenvalue weighted by atomic mass is 32.2. The molecule has 0 aliphatic heterocycles. The lowest BCUT2D eigenvalue weighted by molar-refractivity contribution is 0.0957. The summed E-state index contributed by atoms with van der Waals surface area (Å²) in [6, 6.07) is 3.62. The summed E-state index contributed by atoms with van der Waals surface area (Å²) in [5, 5.41) is 0.690. The van der Waals surface area contributed by atoms with Crippen molar-refractivity contribution < 1.29 is 4.79 Å². The third-order valence-corrected chi connectivity index (χ3v) is 4.37. The molecular formula is C10H11N5OS2. The first-order valence-corrected chi connectivity index (χ1v) is 6.80. The zero-order valence-electron chi connectivity index (χ0n) is 9.29. The average Bonchev–Trinajstić information content (AvgIpc) is 2.86. The van der Waals surface area contributed by atoms with Gasteiger partial charge in [0.25, 0.3) is 5.91 Å². The Kier molecular flexibility index (Phi) is 4.13. The van der Waals surface area contributed by atoms with E-state index in [1.165, 1.54) is 23.1 Å². The number of carbonyl (C=O) groups excluding carboxylic acids is 1. The first-order valence-electron chi connectivity index (χ1n) is 4.99. The topological polar surface area (TPSA) is 107 Å². The molecule has 0 aliphatic rings. The standard InChI is InChI=1S/C10H11N5OS2/c11-8-10(14-4-3-13-8)17-5-6-1-2-7(18-6)9(16)15-12/h1-4H,5,12H2,(H2,11,13)(H,15,16). The van der Waals surface area contributed by atoms with Crippen molar-refractivity contribution in [2.24, 2.45) is 5.84 Å². The van der Waals surface area contributed by atoms with Crippen molar-refractivity contribution in [3.63, 3.8) is 0 Å². The van der Waals surface area contributed by atoms with Crippen molar-refractivity contribution in [3.8, 4) is 0 Å². The molecule has 0 saturated carbocycles. The maximum absolute atomic E-state index is 11.3. The second-order valence-electron chi connectivity index (χ2n) is 3.27. The molecule has 0 spiro atoms. The smallest absolute Gasteiger partial charge is 0.275 e. The largest absolute Gasteiger partial charge is 0.381 e. The Morgan fingerprint density at radius 1 is 1.39 bits per heavy atom. The number of aromatic nitrogens is 2. The van der Waals surface area contributed by atoms with Gasteiger partial charge in [-0.2, -0.15) is 0 Å². The van der Waals surface area contributed by atoms with Crippen LogP contribution in [0.25, 0.3) is 0 Å². The minimum absolute atomic E-state index is 0.282. The number of hydrogen-bond donors (Lipinski definition) is 3. The lowest BCUT2D eigenvalue weighted by Gasteiger charge is -2.00. The minimum Gasteiger partial charge on any atom is -0.381 e. The second kappa shape index (κ2) is 5.80. The Morgan fingerprint density at radius 2 is 2.17 bits per heavy atom. The number of hydrazine groups is 1. The maximum atomic E-state index is 11.3. The molecule has 0 fully saturated rings. The van der Waals surface area contributed by atoms with E-state index in [0.29, 0.717) is 21.5 Å². The monoisotopic (exact) mass is 281 g/mol. The highest BCUT2D eigenvalue weighted by Gasteiger charge is 2.09. The number of carbonyl (C=O) groups is 1. The Morgan fingerprint density at radius 3 is 2.89 bits per heavy atom. The fraction of sp³-hybridized carbons (Fsp3) is 0.100. The summed E-state index contributed by atoms with van der Waals surface area (Å²) in [5.74, 6) is 5.88. The molecule has 8 heteroatoms. The first-order chi connectivity index (χ1) is 8.70. The van der Waals surface area contributed by atoms with E-state index < -0.39 is 0 Å². The quantitative estimate of drug-likeness (QED) is 0.334. The van der Waals surface area contributed by atoms with E-state index in [9.17, 15) is 4.79 Å². The number of rotatable bonds is 4. The van der Waals surface area contributed by atoms with Crippen LogP contribution in [0.1, 0.15) is 14.5 Å². The van der Waals surface area contributed by atoms with Gasteiger partial charge in [0.15, 0.2) is 5.82 Å². The summed E-state index contributed by atoms with van der Waals surface area (Å²) in [7, 11) is 0. The molecule has 6 nitrogen and oxygen atoms in total. The van der Waals surface area contributed by atoms with Crippen molar-refractivity contribution in [1.82, 2.24) is 15.4 Å². The van der Waals surface area contributed by atoms with Crippen LogP contribution in [0, 0.1) is 0 Å². The van der Waals surface area contributed by atoms with Crippen molar-refractivity contribution in [2.75, 3.05) is 5.73 Å². The fourth-order valence-electron chi connectivity index (χ4n) is 1.24. The first kappa shape index (κ1) is 12.8. The van der Waals surface area contributed by atoms with Crippen LogP contribution in [0.3, 0.4) is 0 Å². The van der Waals surface area contributed by atoms with Gasteiger partial charge >= 0.3 is 0 Å². The van der Waals surface area contributed by atoms with Crippen LogP contribution in [0.2, 0.25) is 0 Å². The summed E-state index contributed by atoms with van der Waals surface area (Å²) in [6.07, 6.45) is 3.15. The molecule has 18 heavy (non-hydrogen) atoms. The second-order valence-corrected chi connectivity index (χ2v) is 5.41. The van der Waals surface area contributed by atoms with Crippen molar-refractivity contribution in [3.05, 3.63) is 34.3 Å². The molecule has 0 atom stereocenters. The molecule has 1 amide bonds. The summed E-state index contributed by atoms with van der Waals surface area (Å²) in [6.45, 7) is 0. The molecule has 0 bridgehead atoms. The predicted molar refractivity (Wildman–Crippen MR) is 72.0 cm³/mol. The third-order valence-electron chi connectivity index (χ3n) is 2.06. The number of nitrogens with two attached hydrogens (primary N) is 2. The Hall–Kier alpha value is -1.64. The number of amides is 1. The Balaban J connectivity index is 2.01. The van der Waals surface area contributed by atoms with Crippen LogP contribution in [-0.4, -0.2) is 15.9 Å². The lowest BCUT2D eigenvalue weighted by atomic mass is 10.4. The molecule has 2 heterocycles. The molecule has 2 rings (SSSR count). The van der Waals surface area contributed by atoms with Gasteiger partial charge in [0, 0.05) is 23.0 Å². The zero-order chi connectivity index (χ0) is 13.0. The van der Waals surface area contributed by atoms with Gasteiger partial charge < -0.3 is 5.73 Å². The molecule has 0 aromatic carbocycles. The zero-order valence-corrected chi connectivity index (χ0v) is 10.9. The number of hydrogen-bond acceptors (Lipinski definition) is 7. The summed E-state index contributed by atoms with van der Waals surface area (Å²) in [4.78, 5) is 21.0. The summed E-state index contributed by atoms with van der Waals surface area (Å²) in [5.41, 5.74) is 7.79. The number of anilines is 1. The lowest BCUT2D eigenvalue weighted by Crippen LogP contribution is -2.29. The average molecular weight is 281 g/mol. The van der Waals surface area contributed by atoms with Gasteiger partial charge in [0.1, 0.15) is 5.03 Å². The van der Waals surface area contributed by atoms with Gasteiger partial charge in [-0.3, -0.25) is 10.2 Å². The number of nitrogens with zero attached hydrogens (tertiary/aromatic N) is 2.